The van der Waals surface area contributed by atoms with Crippen molar-refractivity contribution in [2.45, 2.75) is 45.3 Å². The molecule has 0 bridgehead atoms. The van der Waals surface area contributed by atoms with E-state index in [-0.39, 0.29) is 12.1 Å². The number of benzene rings is 1. The topological polar surface area (TPSA) is 89.7 Å². The normalized spacial score (nSPS) is 16.8. The SMILES string of the molecule is CC(C)n1cc2cc(NC(=O)N[C@H]3CCc4ncnn4C3)ccc2n1. The van der Waals surface area contributed by atoms with Crippen LogP contribution in [0.4, 0.5) is 10.5 Å². The number of anilines is 1. The van der Waals surface area contributed by atoms with Gasteiger partial charge in [-0.15, -0.1) is 0 Å². The molecule has 4 rings (SSSR count). The maximum Gasteiger partial charge on any atom is 0.319 e. The molecule has 0 aliphatic carbocycles. The quantitative estimate of drug-likeness (QED) is 0.766. The first kappa shape index (κ1) is 15.6. The van der Waals surface area contributed by atoms with E-state index in [4.69, 9.17) is 0 Å². The number of urea groups is 1. The van der Waals surface area contributed by atoms with Gasteiger partial charge < -0.3 is 10.6 Å². The van der Waals surface area contributed by atoms with Crippen LogP contribution < -0.4 is 10.6 Å². The van der Waals surface area contributed by atoms with E-state index in [0.717, 1.165) is 35.3 Å². The molecule has 8 nitrogen and oxygen atoms in total. The molecular formula is C17H21N7O. The fourth-order valence-corrected chi connectivity index (χ4v) is 3.10. The highest BCUT2D eigenvalue weighted by atomic mass is 16.2. The number of carbonyl (C=O) groups excluding carboxylic acids is 1. The summed E-state index contributed by atoms with van der Waals surface area (Å²) in [5.41, 5.74) is 1.68. The van der Waals surface area contributed by atoms with E-state index in [0.29, 0.717) is 12.6 Å². The molecule has 0 unspecified atom stereocenters. The second kappa shape index (κ2) is 6.19. The van der Waals surface area contributed by atoms with Crippen molar-refractivity contribution in [1.29, 1.82) is 0 Å². The van der Waals surface area contributed by atoms with Gasteiger partial charge in [0.2, 0.25) is 0 Å². The van der Waals surface area contributed by atoms with Crippen LogP contribution in [0.5, 0.6) is 0 Å². The van der Waals surface area contributed by atoms with Crippen molar-refractivity contribution < 1.29 is 4.79 Å². The maximum absolute atomic E-state index is 12.3. The Kier molecular flexibility index (Phi) is 3.87. The summed E-state index contributed by atoms with van der Waals surface area (Å²) in [7, 11) is 0. The predicted molar refractivity (Wildman–Crippen MR) is 94.4 cm³/mol. The Morgan fingerprint density at radius 2 is 2.24 bits per heavy atom. The van der Waals surface area contributed by atoms with E-state index in [1.54, 1.807) is 6.33 Å². The molecule has 0 fully saturated rings. The lowest BCUT2D eigenvalue weighted by Gasteiger charge is -2.23. The Morgan fingerprint density at radius 1 is 1.36 bits per heavy atom. The van der Waals surface area contributed by atoms with Crippen molar-refractivity contribution in [3.63, 3.8) is 0 Å². The summed E-state index contributed by atoms with van der Waals surface area (Å²) in [6.07, 6.45) is 5.25. The van der Waals surface area contributed by atoms with Gasteiger partial charge in [0.1, 0.15) is 12.2 Å². The summed E-state index contributed by atoms with van der Waals surface area (Å²) in [6, 6.07) is 5.89. The van der Waals surface area contributed by atoms with E-state index >= 15 is 0 Å². The minimum atomic E-state index is -0.204. The molecule has 130 valence electrons. The minimum Gasteiger partial charge on any atom is -0.333 e. The lowest BCUT2D eigenvalue weighted by atomic mass is 10.1. The summed E-state index contributed by atoms with van der Waals surface area (Å²) in [5.74, 6) is 0.978. The van der Waals surface area contributed by atoms with Gasteiger partial charge in [-0.2, -0.15) is 10.2 Å². The van der Waals surface area contributed by atoms with E-state index in [1.807, 2.05) is 33.8 Å². The molecule has 1 aliphatic rings. The van der Waals surface area contributed by atoms with Crippen LogP contribution in [0.2, 0.25) is 0 Å². The molecule has 0 spiro atoms. The van der Waals surface area contributed by atoms with Crippen molar-refractivity contribution in [3.05, 3.63) is 36.5 Å². The van der Waals surface area contributed by atoms with Crippen LogP contribution in [-0.4, -0.2) is 36.6 Å². The van der Waals surface area contributed by atoms with Gasteiger partial charge in [0, 0.05) is 29.7 Å². The number of aromatic nitrogens is 5. The molecule has 2 N–H and O–H groups in total. The largest absolute Gasteiger partial charge is 0.333 e. The molecule has 0 saturated carbocycles. The number of hydrogen-bond acceptors (Lipinski definition) is 4. The lowest BCUT2D eigenvalue weighted by Crippen LogP contribution is -2.43. The Hall–Kier alpha value is -2.90. The third-order valence-corrected chi connectivity index (χ3v) is 4.45. The van der Waals surface area contributed by atoms with Crippen LogP contribution in [0.1, 0.15) is 32.1 Å². The van der Waals surface area contributed by atoms with Gasteiger partial charge in [-0.05, 0) is 38.5 Å². The van der Waals surface area contributed by atoms with Crippen molar-refractivity contribution >= 4 is 22.6 Å². The Bertz CT molecular complexity index is 911. The van der Waals surface area contributed by atoms with Gasteiger partial charge >= 0.3 is 6.03 Å². The number of nitrogens with zero attached hydrogens (tertiary/aromatic N) is 5. The highest BCUT2D eigenvalue weighted by Gasteiger charge is 2.21. The van der Waals surface area contributed by atoms with Crippen molar-refractivity contribution in [2.75, 3.05) is 5.32 Å². The van der Waals surface area contributed by atoms with Crippen LogP contribution in [0.25, 0.3) is 10.9 Å². The van der Waals surface area contributed by atoms with E-state index in [9.17, 15) is 4.79 Å². The zero-order valence-corrected chi connectivity index (χ0v) is 14.3. The Balaban J connectivity index is 1.41. The third kappa shape index (κ3) is 3.19. The van der Waals surface area contributed by atoms with E-state index < -0.39 is 0 Å². The van der Waals surface area contributed by atoms with Crippen LogP contribution in [0.3, 0.4) is 0 Å². The van der Waals surface area contributed by atoms with Crippen LogP contribution in [0, 0.1) is 0 Å². The number of nitrogens with one attached hydrogen (secondary N) is 2. The highest BCUT2D eigenvalue weighted by Crippen LogP contribution is 2.20. The fraction of sp³-hybridized carbons (Fsp3) is 0.412. The van der Waals surface area contributed by atoms with Gasteiger partial charge in [0.25, 0.3) is 0 Å². The van der Waals surface area contributed by atoms with Crippen LogP contribution in [0.15, 0.2) is 30.7 Å². The molecular weight excluding hydrogens is 318 g/mol. The lowest BCUT2D eigenvalue weighted by molar-refractivity contribution is 0.243. The maximum atomic E-state index is 12.3. The number of fused-ring (bicyclic) bond motifs is 2. The minimum absolute atomic E-state index is 0.0571. The Morgan fingerprint density at radius 3 is 3.08 bits per heavy atom. The molecule has 1 atom stereocenters. The third-order valence-electron chi connectivity index (χ3n) is 4.45. The van der Waals surface area contributed by atoms with Crippen molar-refractivity contribution in [1.82, 2.24) is 29.9 Å². The molecule has 3 heterocycles. The van der Waals surface area contributed by atoms with Gasteiger partial charge in [0.15, 0.2) is 0 Å². The summed E-state index contributed by atoms with van der Waals surface area (Å²) < 4.78 is 3.77. The van der Waals surface area contributed by atoms with Crippen molar-refractivity contribution in [3.8, 4) is 0 Å². The molecule has 2 amide bonds. The molecule has 2 aromatic heterocycles. The number of aryl methyl sites for hydroxylation is 1. The molecule has 3 aromatic rings. The molecule has 25 heavy (non-hydrogen) atoms. The zero-order chi connectivity index (χ0) is 17.4. The van der Waals surface area contributed by atoms with Gasteiger partial charge in [-0.1, -0.05) is 0 Å². The number of rotatable bonds is 3. The second-order valence-electron chi connectivity index (χ2n) is 6.67. The van der Waals surface area contributed by atoms with Crippen molar-refractivity contribution in [2.24, 2.45) is 0 Å². The van der Waals surface area contributed by atoms with Gasteiger partial charge in [0.05, 0.1) is 18.1 Å². The first-order chi connectivity index (χ1) is 12.1. The van der Waals surface area contributed by atoms with Crippen LogP contribution in [-0.2, 0) is 13.0 Å². The number of hydrogen-bond donors (Lipinski definition) is 2. The second-order valence-corrected chi connectivity index (χ2v) is 6.67. The van der Waals surface area contributed by atoms with Gasteiger partial charge in [-0.3, -0.25) is 4.68 Å². The standard InChI is InChI=1S/C17H21N7O/c1-11(2)23-8-12-7-13(3-5-15(12)22-23)20-17(25)21-14-4-6-16-18-10-19-24(16)9-14/h3,5,7-8,10-11,14H,4,6,9H2,1-2H3,(H2,20,21,25)/t14-/m0/s1. The number of carbonyl (C=O) groups is 1. The zero-order valence-electron chi connectivity index (χ0n) is 14.3. The highest BCUT2D eigenvalue weighted by molar-refractivity contribution is 5.92. The average Bonchev–Trinajstić information content (AvgIpc) is 3.20. The van der Waals surface area contributed by atoms with E-state index in [2.05, 4.69) is 39.7 Å². The van der Waals surface area contributed by atoms with Crippen LogP contribution >= 0.6 is 0 Å². The number of amides is 2. The summed E-state index contributed by atoms with van der Waals surface area (Å²) in [5, 5.41) is 15.6. The molecule has 0 saturated heterocycles. The van der Waals surface area contributed by atoms with Gasteiger partial charge in [-0.25, -0.2) is 14.5 Å². The Labute approximate surface area is 145 Å². The summed E-state index contributed by atoms with van der Waals surface area (Å²) >= 11 is 0. The predicted octanol–water partition coefficient (Wildman–Crippen LogP) is 2.35. The first-order valence-electron chi connectivity index (χ1n) is 8.51. The molecule has 8 heteroatoms. The molecule has 1 aromatic carbocycles. The summed E-state index contributed by atoms with van der Waals surface area (Å²) in [4.78, 5) is 16.5. The monoisotopic (exact) mass is 339 g/mol. The first-order valence-corrected chi connectivity index (χ1v) is 8.51. The fourth-order valence-electron chi connectivity index (χ4n) is 3.10. The average molecular weight is 339 g/mol. The van der Waals surface area contributed by atoms with E-state index in [1.165, 1.54) is 0 Å². The smallest absolute Gasteiger partial charge is 0.319 e. The molecule has 0 radical (unpaired) electrons. The molecule has 1 aliphatic heterocycles. The summed E-state index contributed by atoms with van der Waals surface area (Å²) in [6.45, 7) is 4.83.